The summed E-state index contributed by atoms with van der Waals surface area (Å²) in [5, 5.41) is 0. The lowest BCUT2D eigenvalue weighted by atomic mass is 9.84. The molecule has 33 heavy (non-hydrogen) atoms. The zero-order chi connectivity index (χ0) is 24.4. The number of methoxy groups -OCH3 is 1. The van der Waals surface area contributed by atoms with Gasteiger partial charge in [-0.05, 0) is 35.2 Å². The summed E-state index contributed by atoms with van der Waals surface area (Å²) in [6.45, 7) is 6.14. The predicted molar refractivity (Wildman–Crippen MR) is 132 cm³/mol. The number of aromatic nitrogens is 2. The number of nitrogens with zero attached hydrogens (tertiary/aromatic N) is 1. The van der Waals surface area contributed by atoms with Crippen molar-refractivity contribution < 1.29 is 13.2 Å². The van der Waals surface area contributed by atoms with E-state index in [9.17, 15) is 18.0 Å². The zero-order valence-corrected chi connectivity index (χ0v) is 20.0. The Balaban J connectivity index is 2.10. The van der Waals surface area contributed by atoms with Gasteiger partial charge in [-0.1, -0.05) is 45.1 Å². The summed E-state index contributed by atoms with van der Waals surface area (Å²) < 4.78 is 32.3. The summed E-state index contributed by atoms with van der Waals surface area (Å²) in [4.78, 5) is 26.2. The van der Waals surface area contributed by atoms with Gasteiger partial charge in [0.15, 0.2) is 0 Å². The van der Waals surface area contributed by atoms with E-state index in [-0.39, 0.29) is 5.41 Å². The van der Waals surface area contributed by atoms with E-state index in [0.717, 1.165) is 22.9 Å². The van der Waals surface area contributed by atoms with Gasteiger partial charge < -0.3 is 4.74 Å². The van der Waals surface area contributed by atoms with E-state index in [0.29, 0.717) is 17.1 Å². The van der Waals surface area contributed by atoms with E-state index >= 15 is 0 Å². The van der Waals surface area contributed by atoms with Gasteiger partial charge >= 0.3 is 5.69 Å². The van der Waals surface area contributed by atoms with Crippen LogP contribution in [0.5, 0.6) is 5.75 Å². The van der Waals surface area contributed by atoms with Gasteiger partial charge in [0.05, 0.1) is 19.1 Å². The van der Waals surface area contributed by atoms with Crippen LogP contribution in [0.15, 0.2) is 58.3 Å². The third-order valence-electron chi connectivity index (χ3n) is 4.89. The van der Waals surface area contributed by atoms with Crippen molar-refractivity contribution in [3.05, 3.63) is 86.2 Å². The van der Waals surface area contributed by atoms with Crippen LogP contribution in [-0.4, -0.2) is 31.3 Å². The minimum Gasteiger partial charge on any atom is -0.496 e. The molecule has 1 heterocycles. The molecule has 0 spiro atoms. The molecule has 0 saturated carbocycles. The molecule has 0 atom stereocenters. The van der Waals surface area contributed by atoms with Crippen molar-refractivity contribution in [3.8, 4) is 11.4 Å². The molecule has 0 bridgehead atoms. The molecule has 0 aliphatic rings. The van der Waals surface area contributed by atoms with E-state index in [1.54, 1.807) is 31.4 Å². The average molecular weight is 470 g/mol. The second-order valence-electron chi connectivity index (χ2n) is 8.68. The van der Waals surface area contributed by atoms with Gasteiger partial charge in [0.2, 0.25) is 10.0 Å². The number of hydrogen-bond acceptors (Lipinski definition) is 5. The number of hydrogen-bond donors (Lipinski definition) is 2. The fourth-order valence-electron chi connectivity index (χ4n) is 3.37. The number of ether oxygens (including phenoxy) is 1. The van der Waals surface area contributed by atoms with E-state index in [1.165, 1.54) is 16.8 Å². The second kappa shape index (κ2) is 9.11. The highest BCUT2D eigenvalue weighted by Crippen LogP contribution is 2.37. The van der Waals surface area contributed by atoms with Crippen LogP contribution in [0.25, 0.3) is 17.8 Å². The third-order valence-corrected chi connectivity index (χ3v) is 5.49. The van der Waals surface area contributed by atoms with Crippen LogP contribution in [0.4, 0.5) is 5.69 Å². The Morgan fingerprint density at radius 2 is 1.70 bits per heavy atom. The molecule has 3 rings (SSSR count). The number of nitrogens with one attached hydrogen (secondary N) is 2. The fraction of sp³-hybridized carbons (Fsp3) is 0.250. The van der Waals surface area contributed by atoms with Crippen molar-refractivity contribution in [1.82, 2.24) is 9.55 Å². The molecule has 8 nitrogen and oxygen atoms in total. The first-order valence-electron chi connectivity index (χ1n) is 10.2. The topological polar surface area (TPSA) is 110 Å². The van der Waals surface area contributed by atoms with Crippen molar-refractivity contribution in [2.24, 2.45) is 0 Å². The lowest BCUT2D eigenvalue weighted by Crippen LogP contribution is -2.28. The Morgan fingerprint density at radius 1 is 1.03 bits per heavy atom. The minimum atomic E-state index is -3.34. The monoisotopic (exact) mass is 469 g/mol. The first-order valence-corrected chi connectivity index (χ1v) is 12.1. The fourth-order valence-corrected chi connectivity index (χ4v) is 3.93. The zero-order valence-electron chi connectivity index (χ0n) is 19.2. The molecule has 0 aliphatic carbocycles. The summed E-state index contributed by atoms with van der Waals surface area (Å²) in [5.41, 5.74) is 2.28. The normalized spacial score (nSPS) is 12.2. The van der Waals surface area contributed by atoms with Gasteiger partial charge in [-0.15, -0.1) is 0 Å². The molecule has 3 aromatic rings. The first kappa shape index (κ1) is 24.1. The maximum absolute atomic E-state index is 12.4. The van der Waals surface area contributed by atoms with Gasteiger partial charge in [0, 0.05) is 29.1 Å². The molecule has 1 aromatic heterocycles. The Bertz CT molecular complexity index is 1410. The highest BCUT2D eigenvalue weighted by atomic mass is 32.2. The summed E-state index contributed by atoms with van der Waals surface area (Å²) in [6, 6.07) is 11.9. The lowest BCUT2D eigenvalue weighted by molar-refractivity contribution is 0.396. The number of H-pyrrole nitrogens is 1. The van der Waals surface area contributed by atoms with Gasteiger partial charge in [-0.25, -0.2) is 13.2 Å². The smallest absolute Gasteiger partial charge is 0.332 e. The number of aromatic amines is 1. The van der Waals surface area contributed by atoms with Crippen LogP contribution in [0.1, 0.15) is 37.5 Å². The lowest BCUT2D eigenvalue weighted by Gasteiger charge is -2.25. The molecule has 0 amide bonds. The second-order valence-corrected chi connectivity index (χ2v) is 10.4. The number of rotatable bonds is 6. The molecular weight excluding hydrogens is 442 g/mol. The van der Waals surface area contributed by atoms with Crippen molar-refractivity contribution >= 4 is 27.9 Å². The molecule has 0 aliphatic heterocycles. The number of anilines is 1. The molecule has 2 aromatic carbocycles. The van der Waals surface area contributed by atoms with E-state index in [4.69, 9.17) is 4.74 Å². The largest absolute Gasteiger partial charge is 0.496 e. The van der Waals surface area contributed by atoms with Crippen LogP contribution < -0.4 is 20.7 Å². The summed E-state index contributed by atoms with van der Waals surface area (Å²) in [6.07, 6.45) is 6.28. The molecular formula is C24H27N3O5S. The standard InChI is InChI=1S/C24H27N3O5S/c1-24(2,3)20-15-19(27-13-12-21(28)25-23(27)29)14-17(22(20)32-4)9-6-16-7-10-18(11-8-16)26-33(5,30)31/h6-15,26H,1-5H3,(H,25,28,29)/b9-6-. The summed E-state index contributed by atoms with van der Waals surface area (Å²) in [7, 11) is -1.75. The van der Waals surface area contributed by atoms with Crippen LogP contribution in [0.3, 0.4) is 0 Å². The van der Waals surface area contributed by atoms with Gasteiger partial charge in [-0.3, -0.25) is 19.1 Å². The Morgan fingerprint density at radius 3 is 2.24 bits per heavy atom. The van der Waals surface area contributed by atoms with E-state index in [2.05, 4.69) is 9.71 Å². The van der Waals surface area contributed by atoms with Crippen molar-refractivity contribution in [1.29, 1.82) is 0 Å². The molecule has 0 fully saturated rings. The maximum atomic E-state index is 12.4. The Labute approximate surface area is 192 Å². The Kier molecular flexibility index (Phi) is 6.64. The molecule has 174 valence electrons. The van der Waals surface area contributed by atoms with E-state index in [1.807, 2.05) is 45.1 Å². The highest BCUT2D eigenvalue weighted by Gasteiger charge is 2.22. The molecule has 0 saturated heterocycles. The minimum absolute atomic E-state index is 0.283. The van der Waals surface area contributed by atoms with Gasteiger partial charge in [0.25, 0.3) is 5.56 Å². The SMILES string of the molecule is COc1c(/C=C\c2ccc(NS(C)(=O)=O)cc2)cc(-n2ccc(=O)[nH]c2=O)cc1C(C)(C)C. The van der Waals surface area contributed by atoms with Gasteiger partial charge in [0.1, 0.15) is 5.75 Å². The molecule has 0 radical (unpaired) electrons. The quantitative estimate of drug-likeness (QED) is 0.538. The van der Waals surface area contributed by atoms with Crippen molar-refractivity contribution in [2.75, 3.05) is 18.1 Å². The average Bonchev–Trinajstić information content (AvgIpc) is 2.71. The summed E-state index contributed by atoms with van der Waals surface area (Å²) in [5.74, 6) is 0.676. The highest BCUT2D eigenvalue weighted by molar-refractivity contribution is 7.92. The number of benzene rings is 2. The number of sulfonamides is 1. The van der Waals surface area contributed by atoms with Crippen LogP contribution in [0.2, 0.25) is 0 Å². The van der Waals surface area contributed by atoms with Gasteiger partial charge in [-0.2, -0.15) is 0 Å². The van der Waals surface area contributed by atoms with Crippen LogP contribution >= 0.6 is 0 Å². The van der Waals surface area contributed by atoms with Crippen molar-refractivity contribution in [3.63, 3.8) is 0 Å². The third kappa shape index (κ3) is 6.01. The maximum Gasteiger partial charge on any atom is 0.332 e. The van der Waals surface area contributed by atoms with Crippen LogP contribution in [-0.2, 0) is 15.4 Å². The molecule has 2 N–H and O–H groups in total. The van der Waals surface area contributed by atoms with Crippen LogP contribution in [0, 0.1) is 0 Å². The summed E-state index contributed by atoms with van der Waals surface area (Å²) >= 11 is 0. The first-order chi connectivity index (χ1) is 15.4. The molecule has 9 heteroatoms. The van der Waals surface area contributed by atoms with Crippen molar-refractivity contribution in [2.45, 2.75) is 26.2 Å². The Hall–Kier alpha value is -3.59. The predicted octanol–water partition coefficient (Wildman–Crippen LogP) is 3.37. The van der Waals surface area contributed by atoms with E-state index < -0.39 is 21.3 Å². The molecule has 0 unspecified atom stereocenters.